The second kappa shape index (κ2) is 7.38. The monoisotopic (exact) mass is 371 g/mol. The Morgan fingerprint density at radius 1 is 1.38 bits per heavy atom. The minimum atomic E-state index is -3.53. The van der Waals surface area contributed by atoms with Gasteiger partial charge in [-0.3, -0.25) is 4.79 Å². The van der Waals surface area contributed by atoms with Crippen molar-refractivity contribution in [3.05, 3.63) is 18.3 Å². The van der Waals surface area contributed by atoms with Gasteiger partial charge in [-0.15, -0.1) is 0 Å². The fourth-order valence-corrected chi connectivity index (χ4v) is 4.46. The molecule has 1 atom stereocenters. The zero-order chi connectivity index (χ0) is 17.2. The van der Waals surface area contributed by atoms with Gasteiger partial charge in [-0.2, -0.15) is 4.31 Å². The Bertz CT molecular complexity index is 683. The average molecular weight is 371 g/mol. The van der Waals surface area contributed by atoms with Crippen LogP contribution in [0.5, 0.6) is 0 Å². The number of amides is 1. The molecule has 1 aliphatic carbocycles. The molecule has 1 saturated carbocycles. The molecule has 1 aliphatic heterocycles. The zero-order valence-electron chi connectivity index (χ0n) is 13.5. The van der Waals surface area contributed by atoms with Crippen molar-refractivity contribution in [2.75, 3.05) is 26.3 Å². The van der Waals surface area contributed by atoms with Gasteiger partial charge in [0.1, 0.15) is 4.90 Å². The summed E-state index contributed by atoms with van der Waals surface area (Å²) in [6, 6.07) is 3.53. The van der Waals surface area contributed by atoms with Gasteiger partial charge in [-0.25, -0.2) is 13.4 Å². The normalized spacial score (nSPS) is 20.5. The second-order valence-electron chi connectivity index (χ2n) is 5.89. The fourth-order valence-electron chi connectivity index (χ4n) is 2.31. The van der Waals surface area contributed by atoms with Crippen LogP contribution in [0.3, 0.4) is 0 Å². The van der Waals surface area contributed by atoms with Gasteiger partial charge in [-0.05, 0) is 31.9 Å². The van der Waals surface area contributed by atoms with Crippen LogP contribution in [0.25, 0.3) is 0 Å². The molecule has 1 aromatic rings. The van der Waals surface area contributed by atoms with Gasteiger partial charge in [0.15, 0.2) is 0 Å². The molecule has 0 aromatic carbocycles. The number of nitrogens with one attached hydrogen (secondary N) is 1. The van der Waals surface area contributed by atoms with E-state index in [0.29, 0.717) is 37.4 Å². The van der Waals surface area contributed by atoms with E-state index in [9.17, 15) is 13.2 Å². The first-order chi connectivity index (χ1) is 11.5. The van der Waals surface area contributed by atoms with Gasteiger partial charge in [-0.1, -0.05) is 11.8 Å². The number of sulfonamides is 1. The highest BCUT2D eigenvalue weighted by Gasteiger charge is 2.28. The maximum Gasteiger partial charge on any atom is 0.244 e. The summed E-state index contributed by atoms with van der Waals surface area (Å²) in [5.74, 6) is -0.00526. The molecule has 24 heavy (non-hydrogen) atoms. The maximum absolute atomic E-state index is 12.5. The van der Waals surface area contributed by atoms with Crippen LogP contribution in [-0.2, 0) is 19.6 Å². The Morgan fingerprint density at radius 3 is 2.67 bits per heavy atom. The standard InChI is InChI=1S/C15H21N3O4S2/c1-11(15(19)17-12-2-3-12)23-14-5-4-13(10-16-14)24(20,21)18-6-8-22-9-7-18/h4-5,10-12H,2-3,6-9H2,1H3,(H,17,19)/t11-/m0/s1. The van der Waals surface area contributed by atoms with E-state index in [1.165, 1.54) is 22.3 Å². The first-order valence-corrected chi connectivity index (χ1v) is 10.3. The van der Waals surface area contributed by atoms with Crippen molar-refractivity contribution in [3.63, 3.8) is 0 Å². The predicted octanol–water partition coefficient (Wildman–Crippen LogP) is 0.862. The molecule has 0 unspecified atom stereocenters. The number of carbonyl (C=O) groups is 1. The molecule has 1 amide bonds. The summed E-state index contributed by atoms with van der Waals surface area (Å²) < 4.78 is 31.6. The number of hydrogen-bond acceptors (Lipinski definition) is 6. The Balaban J connectivity index is 1.62. The van der Waals surface area contributed by atoms with Crippen LogP contribution in [0.15, 0.2) is 28.3 Å². The Kier molecular flexibility index (Phi) is 5.43. The molecule has 1 N–H and O–H groups in total. The van der Waals surface area contributed by atoms with Crippen molar-refractivity contribution in [1.82, 2.24) is 14.6 Å². The number of carbonyl (C=O) groups excluding carboxylic acids is 1. The summed E-state index contributed by atoms with van der Waals surface area (Å²) in [6.07, 6.45) is 3.46. The molecule has 2 aliphatic rings. The van der Waals surface area contributed by atoms with E-state index in [4.69, 9.17) is 4.74 Å². The van der Waals surface area contributed by atoms with Crippen LogP contribution in [-0.4, -0.2) is 61.2 Å². The lowest BCUT2D eigenvalue weighted by molar-refractivity contribution is -0.120. The lowest BCUT2D eigenvalue weighted by atomic mass is 10.4. The number of rotatable bonds is 6. The molecule has 0 spiro atoms. The first kappa shape index (κ1) is 17.7. The minimum absolute atomic E-state index is 0.00526. The van der Waals surface area contributed by atoms with Gasteiger partial charge in [0, 0.05) is 25.3 Å². The highest BCUT2D eigenvalue weighted by atomic mass is 32.2. The Hall–Kier alpha value is -1.16. The van der Waals surface area contributed by atoms with Crippen molar-refractivity contribution < 1.29 is 17.9 Å². The Morgan fingerprint density at radius 2 is 2.08 bits per heavy atom. The number of aromatic nitrogens is 1. The molecule has 0 bridgehead atoms. The van der Waals surface area contributed by atoms with E-state index in [1.54, 1.807) is 12.1 Å². The molecule has 7 nitrogen and oxygen atoms in total. The molecule has 9 heteroatoms. The molecule has 3 rings (SSSR count). The van der Waals surface area contributed by atoms with E-state index in [0.717, 1.165) is 12.8 Å². The van der Waals surface area contributed by atoms with Crippen molar-refractivity contribution in [1.29, 1.82) is 0 Å². The summed E-state index contributed by atoms with van der Waals surface area (Å²) >= 11 is 1.32. The third kappa shape index (κ3) is 4.27. The van der Waals surface area contributed by atoms with Crippen molar-refractivity contribution in [2.24, 2.45) is 0 Å². The minimum Gasteiger partial charge on any atom is -0.379 e. The van der Waals surface area contributed by atoms with Crippen molar-refractivity contribution >= 4 is 27.7 Å². The van der Waals surface area contributed by atoms with Gasteiger partial charge in [0.2, 0.25) is 15.9 Å². The lowest BCUT2D eigenvalue weighted by Crippen LogP contribution is -2.40. The summed E-state index contributed by atoms with van der Waals surface area (Å²) in [5, 5.41) is 3.32. The largest absolute Gasteiger partial charge is 0.379 e. The predicted molar refractivity (Wildman–Crippen MR) is 90.3 cm³/mol. The number of pyridine rings is 1. The highest BCUT2D eigenvalue weighted by molar-refractivity contribution is 8.00. The number of thioether (sulfide) groups is 1. The topological polar surface area (TPSA) is 88.6 Å². The van der Waals surface area contributed by atoms with E-state index in [-0.39, 0.29) is 16.1 Å². The van der Waals surface area contributed by atoms with Gasteiger partial charge < -0.3 is 10.1 Å². The maximum atomic E-state index is 12.5. The van der Waals surface area contributed by atoms with Gasteiger partial charge in [0.25, 0.3) is 0 Å². The number of hydrogen-bond donors (Lipinski definition) is 1. The van der Waals surface area contributed by atoms with Crippen LogP contribution >= 0.6 is 11.8 Å². The summed E-state index contributed by atoms with van der Waals surface area (Å²) in [7, 11) is -3.53. The number of ether oxygens (including phenoxy) is 1. The second-order valence-corrected chi connectivity index (χ2v) is 9.19. The van der Waals surface area contributed by atoms with Gasteiger partial charge >= 0.3 is 0 Å². The van der Waals surface area contributed by atoms with E-state index in [2.05, 4.69) is 10.3 Å². The number of nitrogens with zero attached hydrogens (tertiary/aromatic N) is 2. The van der Waals surface area contributed by atoms with Crippen molar-refractivity contribution in [3.8, 4) is 0 Å². The molecule has 132 valence electrons. The smallest absolute Gasteiger partial charge is 0.244 e. The van der Waals surface area contributed by atoms with E-state index >= 15 is 0 Å². The molecule has 0 radical (unpaired) electrons. The quantitative estimate of drug-likeness (QED) is 0.746. The molecule has 1 saturated heterocycles. The van der Waals surface area contributed by atoms with E-state index < -0.39 is 10.0 Å². The number of morpholine rings is 1. The Labute approximate surface area is 146 Å². The molecular formula is C15H21N3O4S2. The third-order valence-electron chi connectivity index (χ3n) is 3.91. The molecule has 2 heterocycles. The van der Waals surface area contributed by atoms with Crippen LogP contribution in [0.2, 0.25) is 0 Å². The fraction of sp³-hybridized carbons (Fsp3) is 0.600. The first-order valence-electron chi connectivity index (χ1n) is 7.98. The van der Waals surface area contributed by atoms with E-state index in [1.807, 2.05) is 6.92 Å². The summed E-state index contributed by atoms with van der Waals surface area (Å²) in [4.78, 5) is 16.3. The van der Waals surface area contributed by atoms with Crippen molar-refractivity contribution in [2.45, 2.75) is 41.0 Å². The van der Waals surface area contributed by atoms with Crippen LogP contribution < -0.4 is 5.32 Å². The van der Waals surface area contributed by atoms with Crippen LogP contribution in [0, 0.1) is 0 Å². The molecule has 2 fully saturated rings. The zero-order valence-corrected chi connectivity index (χ0v) is 15.1. The summed E-state index contributed by atoms with van der Waals surface area (Å²) in [5.41, 5.74) is 0. The average Bonchev–Trinajstić information content (AvgIpc) is 3.40. The highest BCUT2D eigenvalue weighted by Crippen LogP contribution is 2.25. The van der Waals surface area contributed by atoms with Crippen LogP contribution in [0.4, 0.5) is 0 Å². The lowest BCUT2D eigenvalue weighted by Gasteiger charge is -2.25. The molecular weight excluding hydrogens is 350 g/mol. The van der Waals surface area contributed by atoms with Gasteiger partial charge in [0.05, 0.1) is 23.5 Å². The van der Waals surface area contributed by atoms with Crippen LogP contribution in [0.1, 0.15) is 19.8 Å². The SMILES string of the molecule is C[C@H](Sc1ccc(S(=O)(=O)N2CCOCC2)cn1)C(=O)NC1CC1. The molecule has 1 aromatic heterocycles. The summed E-state index contributed by atoms with van der Waals surface area (Å²) in [6.45, 7) is 3.36. The third-order valence-corrected chi connectivity index (χ3v) is 6.84.